The van der Waals surface area contributed by atoms with Crippen molar-refractivity contribution in [2.24, 2.45) is 0 Å². The van der Waals surface area contributed by atoms with Crippen LogP contribution in [0.25, 0.3) is 11.1 Å². The number of aromatic carboxylic acids is 1. The first kappa shape index (κ1) is 17.7. The summed E-state index contributed by atoms with van der Waals surface area (Å²) in [6, 6.07) is 8.88. The third-order valence-corrected chi connectivity index (χ3v) is 3.80. The molecule has 2 rings (SSSR count). The SMILES string of the molecule is CC(C)N(C(=O)c1ccccc1-c1cncc(C(=O)O)c1)C(C)C. The van der Waals surface area contributed by atoms with Gasteiger partial charge in [-0.05, 0) is 45.4 Å². The zero-order chi connectivity index (χ0) is 17.9. The number of hydrogen-bond acceptors (Lipinski definition) is 3. The predicted molar refractivity (Wildman–Crippen MR) is 93.1 cm³/mol. The van der Waals surface area contributed by atoms with Crippen molar-refractivity contribution in [1.29, 1.82) is 0 Å². The average Bonchev–Trinajstić information content (AvgIpc) is 2.54. The van der Waals surface area contributed by atoms with E-state index < -0.39 is 5.97 Å². The van der Waals surface area contributed by atoms with Crippen molar-refractivity contribution in [3.63, 3.8) is 0 Å². The Bertz CT molecular complexity index is 746. The van der Waals surface area contributed by atoms with Gasteiger partial charge in [-0.1, -0.05) is 18.2 Å². The third-order valence-electron chi connectivity index (χ3n) is 3.80. The zero-order valence-corrected chi connectivity index (χ0v) is 14.4. The smallest absolute Gasteiger partial charge is 0.337 e. The molecule has 0 fully saturated rings. The van der Waals surface area contributed by atoms with Crippen LogP contribution in [0.1, 0.15) is 48.4 Å². The van der Waals surface area contributed by atoms with Crippen LogP contribution in [0.3, 0.4) is 0 Å². The molecule has 126 valence electrons. The van der Waals surface area contributed by atoms with E-state index >= 15 is 0 Å². The predicted octanol–water partition coefficient (Wildman–Crippen LogP) is 3.71. The van der Waals surface area contributed by atoms with Crippen molar-refractivity contribution in [3.8, 4) is 11.1 Å². The lowest BCUT2D eigenvalue weighted by molar-refractivity contribution is 0.0643. The molecule has 0 aliphatic rings. The maximum absolute atomic E-state index is 13.0. The van der Waals surface area contributed by atoms with Crippen LogP contribution in [0.4, 0.5) is 0 Å². The molecule has 24 heavy (non-hydrogen) atoms. The summed E-state index contributed by atoms with van der Waals surface area (Å²) in [6.45, 7) is 7.92. The summed E-state index contributed by atoms with van der Waals surface area (Å²) in [4.78, 5) is 30.0. The van der Waals surface area contributed by atoms with E-state index in [0.717, 1.165) is 0 Å². The molecule has 0 aliphatic heterocycles. The molecule has 0 saturated heterocycles. The largest absolute Gasteiger partial charge is 0.478 e. The van der Waals surface area contributed by atoms with E-state index in [9.17, 15) is 9.59 Å². The number of carboxylic acid groups (broad SMARTS) is 1. The van der Waals surface area contributed by atoms with E-state index in [1.54, 1.807) is 12.3 Å². The van der Waals surface area contributed by atoms with Gasteiger partial charge in [0.05, 0.1) is 5.56 Å². The Kier molecular flexibility index (Phi) is 5.34. The molecule has 2 aromatic rings. The second kappa shape index (κ2) is 7.25. The second-order valence-corrected chi connectivity index (χ2v) is 6.21. The van der Waals surface area contributed by atoms with E-state index in [1.165, 1.54) is 12.3 Å². The molecule has 1 aromatic carbocycles. The normalized spacial score (nSPS) is 10.9. The number of benzene rings is 1. The van der Waals surface area contributed by atoms with Gasteiger partial charge in [0.15, 0.2) is 0 Å². The Labute approximate surface area is 142 Å². The first-order valence-electron chi connectivity index (χ1n) is 7.93. The first-order valence-corrected chi connectivity index (χ1v) is 7.93. The summed E-state index contributed by atoms with van der Waals surface area (Å²) in [7, 11) is 0. The number of aromatic nitrogens is 1. The van der Waals surface area contributed by atoms with Crippen molar-refractivity contribution in [2.45, 2.75) is 39.8 Å². The first-order chi connectivity index (χ1) is 11.3. The lowest BCUT2D eigenvalue weighted by Crippen LogP contribution is -2.42. The van der Waals surface area contributed by atoms with E-state index in [0.29, 0.717) is 16.7 Å². The van der Waals surface area contributed by atoms with Crippen molar-refractivity contribution >= 4 is 11.9 Å². The molecule has 0 radical (unpaired) electrons. The summed E-state index contributed by atoms with van der Waals surface area (Å²) in [6.07, 6.45) is 2.87. The van der Waals surface area contributed by atoms with Gasteiger partial charge in [-0.3, -0.25) is 9.78 Å². The summed E-state index contributed by atoms with van der Waals surface area (Å²) >= 11 is 0. The quantitative estimate of drug-likeness (QED) is 0.909. The highest BCUT2D eigenvalue weighted by molar-refractivity contribution is 6.01. The van der Waals surface area contributed by atoms with Crippen molar-refractivity contribution in [3.05, 3.63) is 53.9 Å². The monoisotopic (exact) mass is 326 g/mol. The number of amides is 1. The number of carbonyl (C=O) groups is 2. The van der Waals surface area contributed by atoms with Gasteiger partial charge in [0.25, 0.3) is 5.91 Å². The van der Waals surface area contributed by atoms with Gasteiger partial charge >= 0.3 is 5.97 Å². The maximum Gasteiger partial charge on any atom is 0.337 e. The molecule has 1 aromatic heterocycles. The molecule has 1 heterocycles. The minimum atomic E-state index is -1.04. The van der Waals surface area contributed by atoms with Crippen LogP contribution < -0.4 is 0 Å². The maximum atomic E-state index is 13.0. The molecule has 0 unspecified atom stereocenters. The van der Waals surface area contributed by atoms with Crippen molar-refractivity contribution in [1.82, 2.24) is 9.88 Å². The number of carboxylic acids is 1. The molecule has 1 amide bonds. The Hall–Kier alpha value is -2.69. The van der Waals surface area contributed by atoms with Gasteiger partial charge in [0.2, 0.25) is 0 Å². The lowest BCUT2D eigenvalue weighted by Gasteiger charge is -2.31. The molecular formula is C19H22N2O3. The van der Waals surface area contributed by atoms with E-state index in [4.69, 9.17) is 5.11 Å². The molecule has 5 heteroatoms. The standard InChI is InChI=1S/C19H22N2O3/c1-12(2)21(13(3)4)18(22)17-8-6-5-7-16(17)14-9-15(19(23)24)11-20-10-14/h5-13H,1-4H3,(H,23,24). The Balaban J connectivity index is 2.53. The third kappa shape index (κ3) is 3.62. The lowest BCUT2D eigenvalue weighted by atomic mass is 9.98. The van der Waals surface area contributed by atoms with Gasteiger partial charge < -0.3 is 10.0 Å². The van der Waals surface area contributed by atoms with Crippen LogP contribution in [0.15, 0.2) is 42.7 Å². The number of rotatable bonds is 5. The van der Waals surface area contributed by atoms with E-state index in [1.807, 2.05) is 50.8 Å². The van der Waals surface area contributed by atoms with Crippen LogP contribution in [-0.4, -0.2) is 39.0 Å². The topological polar surface area (TPSA) is 70.5 Å². The molecule has 1 N–H and O–H groups in total. The molecule has 5 nitrogen and oxygen atoms in total. The van der Waals surface area contributed by atoms with Crippen LogP contribution in [-0.2, 0) is 0 Å². The molecule has 0 atom stereocenters. The highest BCUT2D eigenvalue weighted by Crippen LogP contribution is 2.26. The van der Waals surface area contributed by atoms with Gasteiger partial charge in [-0.2, -0.15) is 0 Å². The minimum Gasteiger partial charge on any atom is -0.478 e. The number of carbonyl (C=O) groups excluding carboxylic acids is 1. The van der Waals surface area contributed by atoms with Crippen LogP contribution >= 0.6 is 0 Å². The summed E-state index contributed by atoms with van der Waals surface area (Å²) in [5.74, 6) is -1.12. The fraction of sp³-hybridized carbons (Fsp3) is 0.316. The molecule has 0 aliphatic carbocycles. The fourth-order valence-corrected chi connectivity index (χ4v) is 2.83. The minimum absolute atomic E-state index is 0.0639. The summed E-state index contributed by atoms with van der Waals surface area (Å²) in [5, 5.41) is 9.15. The van der Waals surface area contributed by atoms with E-state index in [-0.39, 0.29) is 23.6 Å². The fourth-order valence-electron chi connectivity index (χ4n) is 2.83. The average molecular weight is 326 g/mol. The van der Waals surface area contributed by atoms with Crippen LogP contribution in [0.2, 0.25) is 0 Å². The summed E-state index contributed by atoms with van der Waals surface area (Å²) in [5.41, 5.74) is 1.94. The molecular weight excluding hydrogens is 304 g/mol. The van der Waals surface area contributed by atoms with E-state index in [2.05, 4.69) is 4.98 Å². The Morgan fingerprint density at radius 2 is 1.67 bits per heavy atom. The zero-order valence-electron chi connectivity index (χ0n) is 14.4. The van der Waals surface area contributed by atoms with Crippen molar-refractivity contribution in [2.75, 3.05) is 0 Å². The van der Waals surface area contributed by atoms with Gasteiger partial charge in [0, 0.05) is 35.6 Å². The van der Waals surface area contributed by atoms with Gasteiger partial charge in [-0.25, -0.2) is 4.79 Å². The van der Waals surface area contributed by atoms with Crippen molar-refractivity contribution < 1.29 is 14.7 Å². The second-order valence-electron chi connectivity index (χ2n) is 6.21. The van der Waals surface area contributed by atoms with Gasteiger partial charge in [-0.15, -0.1) is 0 Å². The van der Waals surface area contributed by atoms with Crippen LogP contribution in [0.5, 0.6) is 0 Å². The van der Waals surface area contributed by atoms with Crippen LogP contribution in [0, 0.1) is 0 Å². The Morgan fingerprint density at radius 1 is 1.04 bits per heavy atom. The number of pyridine rings is 1. The highest BCUT2D eigenvalue weighted by Gasteiger charge is 2.24. The molecule has 0 spiro atoms. The Morgan fingerprint density at radius 3 is 2.25 bits per heavy atom. The summed E-state index contributed by atoms with van der Waals surface area (Å²) < 4.78 is 0. The molecule has 0 bridgehead atoms. The number of nitrogens with zero attached hydrogens (tertiary/aromatic N) is 2. The van der Waals surface area contributed by atoms with Gasteiger partial charge in [0.1, 0.15) is 0 Å². The highest BCUT2D eigenvalue weighted by atomic mass is 16.4. The number of hydrogen-bond donors (Lipinski definition) is 1. The molecule has 0 saturated carbocycles.